The van der Waals surface area contributed by atoms with E-state index < -0.39 is 57.3 Å². The number of aryl methyl sites for hydroxylation is 1. The number of ether oxygens (including phenoxy) is 2. The molecule has 1 saturated heterocycles. The number of fused-ring (bicyclic) bond motifs is 1. The van der Waals surface area contributed by atoms with Crippen LogP contribution in [0.25, 0.3) is 22.2 Å². The number of nitrogens with zero attached hydrogens (tertiary/aromatic N) is 1. The Bertz CT molecular complexity index is 2550. The van der Waals surface area contributed by atoms with Gasteiger partial charge in [0.2, 0.25) is 11.8 Å². The molecule has 1 aromatic heterocycles. The molecule has 15 heteroatoms. The first-order valence-corrected chi connectivity index (χ1v) is 20.5. The Morgan fingerprint density at radius 3 is 2.47 bits per heavy atom. The summed E-state index contributed by atoms with van der Waals surface area (Å²) in [5.41, 5.74) is 2.02. The average molecular weight is 818 g/mol. The first-order valence-electron chi connectivity index (χ1n) is 19.0. The van der Waals surface area contributed by atoms with E-state index in [2.05, 4.69) is 27.3 Å². The molecule has 2 heterocycles. The van der Waals surface area contributed by atoms with E-state index in [1.807, 2.05) is 54.6 Å². The highest BCUT2D eigenvalue weighted by Crippen LogP contribution is 2.45. The molecule has 59 heavy (non-hydrogen) atoms. The summed E-state index contributed by atoms with van der Waals surface area (Å²) in [4.78, 5) is 56.1. The number of para-hydroxylation sites is 1. The topological polar surface area (TPSA) is 202 Å². The van der Waals surface area contributed by atoms with Crippen molar-refractivity contribution in [3.63, 3.8) is 0 Å². The SMILES string of the molecule is C=C[C@@H]1C[C@]1(NC(=O)[C@@H]1C[C@@H](Oc2cc(-c3ccccc3)nc3cc(OC)ccc23)CN1)C(=O)NS(=O)(=O)c1ccccc1NC(=O)Cc1cccc(CCC(=O)O)c1. The third-order valence-corrected chi connectivity index (χ3v) is 11.9. The summed E-state index contributed by atoms with van der Waals surface area (Å²) < 4.78 is 41.5. The molecule has 0 radical (unpaired) electrons. The summed E-state index contributed by atoms with van der Waals surface area (Å²) in [5.74, 6) is -2.20. The minimum atomic E-state index is -4.55. The number of carbonyl (C=O) groups is 4. The molecule has 4 aromatic carbocycles. The lowest BCUT2D eigenvalue weighted by Gasteiger charge is -2.21. The molecule has 1 aliphatic heterocycles. The van der Waals surface area contributed by atoms with Crippen LogP contribution in [-0.2, 0) is 42.0 Å². The van der Waals surface area contributed by atoms with Crippen molar-refractivity contribution in [2.75, 3.05) is 19.0 Å². The summed E-state index contributed by atoms with van der Waals surface area (Å²) >= 11 is 0. The van der Waals surface area contributed by atoms with Crippen molar-refractivity contribution >= 4 is 50.3 Å². The van der Waals surface area contributed by atoms with Gasteiger partial charge in [0.05, 0.1) is 36.5 Å². The number of sulfonamides is 1. The zero-order valence-corrected chi connectivity index (χ0v) is 33.0. The number of anilines is 1. The Morgan fingerprint density at radius 2 is 1.73 bits per heavy atom. The van der Waals surface area contributed by atoms with Crippen molar-refractivity contribution in [2.45, 2.75) is 54.7 Å². The fourth-order valence-electron chi connectivity index (χ4n) is 7.27. The van der Waals surface area contributed by atoms with Crippen molar-refractivity contribution in [2.24, 2.45) is 5.92 Å². The lowest BCUT2D eigenvalue weighted by Crippen LogP contribution is -2.55. The van der Waals surface area contributed by atoms with Crippen molar-refractivity contribution < 1.29 is 42.2 Å². The van der Waals surface area contributed by atoms with Gasteiger partial charge in [0.25, 0.3) is 15.9 Å². The third-order valence-electron chi connectivity index (χ3n) is 10.5. The maximum absolute atomic E-state index is 13.8. The van der Waals surface area contributed by atoms with E-state index in [9.17, 15) is 27.6 Å². The Kier molecular flexibility index (Phi) is 11.8. The number of carboxylic acids is 1. The fraction of sp³-hybridized carbons (Fsp3) is 0.250. The van der Waals surface area contributed by atoms with Crippen LogP contribution in [0.4, 0.5) is 5.69 Å². The highest BCUT2D eigenvalue weighted by Gasteiger charge is 2.61. The largest absolute Gasteiger partial charge is 0.497 e. The minimum absolute atomic E-state index is 0.0489. The van der Waals surface area contributed by atoms with E-state index in [1.165, 1.54) is 24.3 Å². The fourth-order valence-corrected chi connectivity index (χ4v) is 8.47. The van der Waals surface area contributed by atoms with Crippen molar-refractivity contribution in [1.29, 1.82) is 0 Å². The molecule has 7 rings (SSSR count). The maximum Gasteiger partial charge on any atom is 0.303 e. The molecule has 1 aliphatic carbocycles. The quantitative estimate of drug-likeness (QED) is 0.0858. The summed E-state index contributed by atoms with van der Waals surface area (Å²) in [7, 11) is -2.97. The van der Waals surface area contributed by atoms with Gasteiger partial charge in [0, 0.05) is 48.4 Å². The van der Waals surface area contributed by atoms with E-state index in [0.29, 0.717) is 41.2 Å². The van der Waals surface area contributed by atoms with Crippen molar-refractivity contribution in [1.82, 2.24) is 20.3 Å². The van der Waals surface area contributed by atoms with E-state index in [0.717, 1.165) is 16.5 Å². The maximum atomic E-state index is 13.8. The molecular weight excluding hydrogens is 775 g/mol. The molecule has 0 unspecified atom stereocenters. The highest BCUT2D eigenvalue weighted by atomic mass is 32.2. The molecular formula is C44H43N5O9S. The number of aliphatic carboxylic acids is 1. The highest BCUT2D eigenvalue weighted by molar-refractivity contribution is 7.90. The van der Waals surface area contributed by atoms with Crippen molar-refractivity contribution in [3.8, 4) is 22.8 Å². The smallest absolute Gasteiger partial charge is 0.303 e. The van der Waals surface area contributed by atoms with Crippen LogP contribution in [0.5, 0.6) is 11.5 Å². The van der Waals surface area contributed by atoms with Crippen LogP contribution >= 0.6 is 0 Å². The predicted molar refractivity (Wildman–Crippen MR) is 220 cm³/mol. The molecule has 2 aliphatic rings. The van der Waals surface area contributed by atoms with Gasteiger partial charge in [-0.1, -0.05) is 72.8 Å². The van der Waals surface area contributed by atoms with Gasteiger partial charge in [-0.15, -0.1) is 6.58 Å². The lowest BCUT2D eigenvalue weighted by molar-refractivity contribution is -0.137. The average Bonchev–Trinajstić information content (AvgIpc) is 3.75. The number of hydrogen-bond donors (Lipinski definition) is 5. The number of methoxy groups -OCH3 is 1. The number of carbonyl (C=O) groups excluding carboxylic acids is 3. The van der Waals surface area contributed by atoms with Crippen LogP contribution in [0.1, 0.15) is 30.4 Å². The summed E-state index contributed by atoms with van der Waals surface area (Å²) in [5, 5.41) is 18.4. The van der Waals surface area contributed by atoms with Crippen LogP contribution in [0, 0.1) is 5.92 Å². The van der Waals surface area contributed by atoms with Gasteiger partial charge in [-0.3, -0.25) is 19.2 Å². The number of nitrogens with one attached hydrogen (secondary N) is 4. The number of pyridine rings is 1. The molecule has 0 bridgehead atoms. The summed E-state index contributed by atoms with van der Waals surface area (Å²) in [6.07, 6.45) is 1.60. The zero-order valence-electron chi connectivity index (χ0n) is 32.1. The summed E-state index contributed by atoms with van der Waals surface area (Å²) in [6, 6.07) is 28.9. The lowest BCUT2D eigenvalue weighted by atomic mass is 10.0. The third kappa shape index (κ3) is 9.27. The Balaban J connectivity index is 1.01. The molecule has 2 fully saturated rings. The van der Waals surface area contributed by atoms with Crippen molar-refractivity contribution in [3.05, 3.63) is 127 Å². The van der Waals surface area contributed by atoms with Gasteiger partial charge < -0.3 is 30.5 Å². The van der Waals surface area contributed by atoms with Gasteiger partial charge in [0.1, 0.15) is 28.0 Å². The van der Waals surface area contributed by atoms with Crippen LogP contribution in [-0.4, -0.2) is 73.5 Å². The number of benzene rings is 4. The second-order valence-electron chi connectivity index (χ2n) is 14.6. The number of amides is 3. The van der Waals surface area contributed by atoms with Crippen LogP contribution in [0.15, 0.2) is 121 Å². The van der Waals surface area contributed by atoms with E-state index >= 15 is 0 Å². The van der Waals surface area contributed by atoms with Gasteiger partial charge in [-0.05, 0) is 48.2 Å². The normalized spacial score (nSPS) is 19.6. The molecule has 0 spiro atoms. The van der Waals surface area contributed by atoms with Crippen LogP contribution < -0.4 is 30.1 Å². The van der Waals surface area contributed by atoms with E-state index in [-0.39, 0.29) is 36.3 Å². The van der Waals surface area contributed by atoms with Gasteiger partial charge in [-0.25, -0.2) is 18.1 Å². The minimum Gasteiger partial charge on any atom is -0.497 e. The molecule has 304 valence electrons. The molecule has 1 saturated carbocycles. The van der Waals surface area contributed by atoms with E-state index in [1.54, 1.807) is 37.4 Å². The Hall–Kier alpha value is -6.58. The Morgan fingerprint density at radius 1 is 0.966 bits per heavy atom. The number of hydrogen-bond acceptors (Lipinski definition) is 10. The second kappa shape index (κ2) is 17.1. The predicted octanol–water partition coefficient (Wildman–Crippen LogP) is 4.78. The second-order valence-corrected chi connectivity index (χ2v) is 16.2. The standard InChI is InChI=1S/C44H43N5O9S/c1-3-30-25-44(30,43(54)49-59(55,56)39-15-8-7-14-34(39)47-40(50)21-28-11-9-10-27(20-28)16-19-41(51)52)48-42(53)37-23-32(26-45-37)58-38-24-35(29-12-5-4-6-13-29)46-36-22-31(57-2)17-18-33(36)38/h3-15,17-18,20,22,24,30,32,37,45H,1,16,19,21,23,25-26H2,2H3,(H,47,50)(H,48,53)(H,49,54)(H,51,52)/t30-,32-,37+,44-/m1/s1. The summed E-state index contributed by atoms with van der Waals surface area (Å²) in [6.45, 7) is 4.11. The van der Waals surface area contributed by atoms with E-state index in [4.69, 9.17) is 19.6 Å². The monoisotopic (exact) mass is 817 g/mol. The van der Waals surface area contributed by atoms with Gasteiger partial charge in [0.15, 0.2) is 0 Å². The van der Waals surface area contributed by atoms with Gasteiger partial charge in [-0.2, -0.15) is 0 Å². The Labute approximate surface area is 341 Å². The van der Waals surface area contributed by atoms with Crippen LogP contribution in [0.3, 0.4) is 0 Å². The first-order chi connectivity index (χ1) is 28.4. The first kappa shape index (κ1) is 40.6. The zero-order chi connectivity index (χ0) is 41.7. The molecule has 14 nitrogen and oxygen atoms in total. The number of carboxylic acid groups (broad SMARTS) is 1. The molecule has 5 N–H and O–H groups in total. The van der Waals surface area contributed by atoms with Gasteiger partial charge >= 0.3 is 5.97 Å². The molecule has 5 aromatic rings. The number of rotatable bonds is 16. The van der Waals surface area contributed by atoms with Crippen LogP contribution in [0.2, 0.25) is 0 Å². The molecule has 3 amide bonds. The number of aromatic nitrogens is 1. The molecule has 4 atom stereocenters.